The number of benzene rings is 2. The van der Waals surface area contributed by atoms with E-state index in [2.05, 4.69) is 5.32 Å². The summed E-state index contributed by atoms with van der Waals surface area (Å²) in [6, 6.07) is 8.92. The average molecular weight is 329 g/mol. The van der Waals surface area contributed by atoms with Crippen molar-refractivity contribution in [3.05, 3.63) is 58.9 Å². The number of rotatable bonds is 3. The van der Waals surface area contributed by atoms with Crippen molar-refractivity contribution < 1.29 is 17.6 Å². The molecule has 21 heavy (non-hydrogen) atoms. The summed E-state index contributed by atoms with van der Waals surface area (Å²) in [6.45, 7) is 0. The molecular weight excluding hydrogens is 319 g/mol. The van der Waals surface area contributed by atoms with E-state index in [1.807, 2.05) is 0 Å². The molecule has 110 valence electrons. The molecule has 0 aliphatic rings. The first-order valence-corrected chi connectivity index (χ1v) is 7.59. The Morgan fingerprint density at radius 2 is 1.86 bits per heavy atom. The zero-order chi connectivity index (χ0) is 15.6. The van der Waals surface area contributed by atoms with Crippen LogP contribution in [0.25, 0.3) is 0 Å². The number of primary sulfonamides is 1. The Hall–Kier alpha value is -1.96. The lowest BCUT2D eigenvalue weighted by molar-refractivity contribution is 0.102. The van der Waals surface area contributed by atoms with E-state index in [0.717, 1.165) is 12.1 Å². The van der Waals surface area contributed by atoms with E-state index in [1.54, 1.807) is 0 Å². The van der Waals surface area contributed by atoms with Crippen LogP contribution in [0.5, 0.6) is 0 Å². The normalized spacial score (nSPS) is 11.2. The number of hydrogen-bond donors (Lipinski definition) is 2. The van der Waals surface area contributed by atoms with Gasteiger partial charge in [0, 0.05) is 0 Å². The SMILES string of the molecule is NS(=O)(=O)c1ccccc1NC(=O)c1ccc(F)cc1Cl. The summed E-state index contributed by atoms with van der Waals surface area (Å²) in [4.78, 5) is 11.8. The van der Waals surface area contributed by atoms with E-state index in [1.165, 1.54) is 30.3 Å². The first-order chi connectivity index (χ1) is 9.79. The van der Waals surface area contributed by atoms with E-state index in [9.17, 15) is 17.6 Å². The molecule has 0 atom stereocenters. The fourth-order valence-corrected chi connectivity index (χ4v) is 2.63. The highest BCUT2D eigenvalue weighted by Crippen LogP contribution is 2.22. The third-order valence-corrected chi connectivity index (χ3v) is 3.90. The maximum absolute atomic E-state index is 12.9. The van der Waals surface area contributed by atoms with Crippen LogP contribution >= 0.6 is 11.6 Å². The Morgan fingerprint density at radius 3 is 2.48 bits per heavy atom. The van der Waals surface area contributed by atoms with Gasteiger partial charge in [-0.1, -0.05) is 23.7 Å². The van der Waals surface area contributed by atoms with Crippen molar-refractivity contribution in [1.82, 2.24) is 0 Å². The molecule has 0 bridgehead atoms. The Morgan fingerprint density at radius 1 is 1.19 bits per heavy atom. The largest absolute Gasteiger partial charge is 0.321 e. The minimum atomic E-state index is -3.99. The molecule has 0 aromatic heterocycles. The van der Waals surface area contributed by atoms with Crippen LogP contribution in [0, 0.1) is 5.82 Å². The highest BCUT2D eigenvalue weighted by Gasteiger charge is 2.17. The second kappa shape index (κ2) is 5.80. The molecule has 0 unspecified atom stereocenters. The van der Waals surface area contributed by atoms with Gasteiger partial charge in [0.25, 0.3) is 5.91 Å². The molecule has 8 heteroatoms. The molecule has 2 aromatic rings. The van der Waals surface area contributed by atoms with Crippen molar-refractivity contribution in [1.29, 1.82) is 0 Å². The van der Waals surface area contributed by atoms with Crippen molar-refractivity contribution in [2.45, 2.75) is 4.90 Å². The molecule has 0 aliphatic carbocycles. The summed E-state index contributed by atoms with van der Waals surface area (Å²) >= 11 is 5.78. The molecule has 0 heterocycles. The zero-order valence-electron chi connectivity index (χ0n) is 10.5. The minimum absolute atomic E-state index is 0.0160. The lowest BCUT2D eigenvalue weighted by Gasteiger charge is -2.10. The van der Waals surface area contributed by atoms with Gasteiger partial charge in [-0.2, -0.15) is 0 Å². The number of nitrogens with two attached hydrogens (primary N) is 1. The molecule has 0 aliphatic heterocycles. The summed E-state index contributed by atoms with van der Waals surface area (Å²) in [5.41, 5.74) is 0.0349. The topological polar surface area (TPSA) is 89.3 Å². The number of carbonyl (C=O) groups excluding carboxylic acids is 1. The number of hydrogen-bond acceptors (Lipinski definition) is 3. The van der Waals surface area contributed by atoms with Crippen LogP contribution in [0.1, 0.15) is 10.4 Å². The molecule has 2 rings (SSSR count). The lowest BCUT2D eigenvalue weighted by Crippen LogP contribution is -2.18. The molecule has 0 spiro atoms. The van der Waals surface area contributed by atoms with Gasteiger partial charge in [-0.3, -0.25) is 4.79 Å². The van der Waals surface area contributed by atoms with Crippen LogP contribution in [-0.4, -0.2) is 14.3 Å². The molecule has 1 amide bonds. The fraction of sp³-hybridized carbons (Fsp3) is 0. The predicted molar refractivity (Wildman–Crippen MR) is 77.2 cm³/mol. The number of anilines is 1. The van der Waals surface area contributed by atoms with Gasteiger partial charge in [-0.15, -0.1) is 0 Å². The summed E-state index contributed by atoms with van der Waals surface area (Å²) in [5, 5.41) is 7.37. The summed E-state index contributed by atoms with van der Waals surface area (Å²) in [7, 11) is -3.99. The maximum atomic E-state index is 12.9. The fourth-order valence-electron chi connectivity index (χ4n) is 1.68. The van der Waals surface area contributed by atoms with Crippen LogP contribution in [0.2, 0.25) is 5.02 Å². The van der Waals surface area contributed by atoms with E-state index in [4.69, 9.17) is 16.7 Å². The highest BCUT2D eigenvalue weighted by atomic mass is 35.5. The second-order valence-electron chi connectivity index (χ2n) is 4.12. The van der Waals surface area contributed by atoms with Gasteiger partial charge in [-0.05, 0) is 30.3 Å². The average Bonchev–Trinajstić information content (AvgIpc) is 2.37. The first kappa shape index (κ1) is 15.4. The molecular formula is C13H10ClFN2O3S. The molecule has 0 saturated heterocycles. The van der Waals surface area contributed by atoms with Gasteiger partial charge in [0.1, 0.15) is 10.7 Å². The zero-order valence-corrected chi connectivity index (χ0v) is 12.1. The van der Waals surface area contributed by atoms with Gasteiger partial charge in [0.15, 0.2) is 0 Å². The number of sulfonamides is 1. The Balaban J connectivity index is 2.37. The van der Waals surface area contributed by atoms with Crippen LogP contribution in [0.4, 0.5) is 10.1 Å². The third kappa shape index (κ3) is 3.57. The Labute approximate surface area is 125 Å². The van der Waals surface area contributed by atoms with Crippen molar-refractivity contribution in [2.75, 3.05) is 5.32 Å². The molecule has 3 N–H and O–H groups in total. The maximum Gasteiger partial charge on any atom is 0.257 e. The van der Waals surface area contributed by atoms with Crippen molar-refractivity contribution in [2.24, 2.45) is 5.14 Å². The first-order valence-electron chi connectivity index (χ1n) is 5.67. The molecule has 0 saturated carbocycles. The summed E-state index contributed by atoms with van der Waals surface area (Å²) in [6.07, 6.45) is 0. The van der Waals surface area contributed by atoms with E-state index in [0.29, 0.717) is 0 Å². The minimum Gasteiger partial charge on any atom is -0.321 e. The molecule has 0 radical (unpaired) electrons. The number of halogens is 2. The van der Waals surface area contributed by atoms with Crippen molar-refractivity contribution in [3.8, 4) is 0 Å². The van der Waals surface area contributed by atoms with Gasteiger partial charge in [0.05, 0.1) is 16.3 Å². The quantitative estimate of drug-likeness (QED) is 0.906. The van der Waals surface area contributed by atoms with Crippen LogP contribution < -0.4 is 10.5 Å². The Bertz CT molecular complexity index is 809. The van der Waals surface area contributed by atoms with E-state index < -0.39 is 21.7 Å². The standard InChI is InChI=1S/C13H10ClFN2O3S/c14-10-7-8(15)5-6-9(10)13(18)17-11-3-1-2-4-12(11)21(16,19)20/h1-7H,(H,17,18)(H2,16,19,20). The highest BCUT2D eigenvalue weighted by molar-refractivity contribution is 7.89. The summed E-state index contributed by atoms with van der Waals surface area (Å²) < 4.78 is 35.8. The van der Waals surface area contributed by atoms with Crippen LogP contribution in [0.15, 0.2) is 47.4 Å². The van der Waals surface area contributed by atoms with Crippen LogP contribution in [0.3, 0.4) is 0 Å². The smallest absolute Gasteiger partial charge is 0.257 e. The van der Waals surface area contributed by atoms with Gasteiger partial charge in [-0.25, -0.2) is 17.9 Å². The number of carbonyl (C=O) groups is 1. The van der Waals surface area contributed by atoms with Gasteiger partial charge >= 0.3 is 0 Å². The lowest BCUT2D eigenvalue weighted by atomic mass is 10.2. The van der Waals surface area contributed by atoms with E-state index in [-0.39, 0.29) is 21.2 Å². The van der Waals surface area contributed by atoms with Gasteiger partial charge in [0.2, 0.25) is 10.0 Å². The second-order valence-corrected chi connectivity index (χ2v) is 6.06. The van der Waals surface area contributed by atoms with Crippen molar-refractivity contribution in [3.63, 3.8) is 0 Å². The predicted octanol–water partition coefficient (Wildman–Crippen LogP) is 2.38. The summed E-state index contributed by atoms with van der Waals surface area (Å²) in [5.74, 6) is -1.25. The van der Waals surface area contributed by atoms with E-state index >= 15 is 0 Å². The Kier molecular flexibility index (Phi) is 4.26. The van der Waals surface area contributed by atoms with Gasteiger partial charge < -0.3 is 5.32 Å². The third-order valence-electron chi connectivity index (χ3n) is 2.62. The number of para-hydroxylation sites is 1. The molecule has 5 nitrogen and oxygen atoms in total. The molecule has 2 aromatic carbocycles. The monoisotopic (exact) mass is 328 g/mol. The van der Waals surface area contributed by atoms with Crippen LogP contribution in [-0.2, 0) is 10.0 Å². The van der Waals surface area contributed by atoms with Crippen molar-refractivity contribution >= 4 is 33.2 Å². The number of nitrogens with one attached hydrogen (secondary N) is 1. The number of amides is 1. The molecule has 0 fully saturated rings.